The second kappa shape index (κ2) is 6.94. The third kappa shape index (κ3) is 3.86. The Morgan fingerprint density at radius 2 is 2.25 bits per heavy atom. The van der Waals surface area contributed by atoms with Crippen LogP contribution in [-0.2, 0) is 0 Å². The number of thiazole rings is 1. The molecule has 1 saturated heterocycles. The van der Waals surface area contributed by atoms with Gasteiger partial charge in [-0.05, 0) is 19.1 Å². The van der Waals surface area contributed by atoms with E-state index in [2.05, 4.69) is 10.3 Å². The summed E-state index contributed by atoms with van der Waals surface area (Å²) >= 11 is 3.11. The highest BCUT2D eigenvalue weighted by Gasteiger charge is 2.20. The zero-order chi connectivity index (χ0) is 14.5. The molecule has 0 aliphatic carbocycles. The maximum Gasteiger partial charge on any atom is 0.355 e. The van der Waals surface area contributed by atoms with Crippen LogP contribution in [0.25, 0.3) is 0 Å². The molecule has 6 nitrogen and oxygen atoms in total. The highest BCUT2D eigenvalue weighted by atomic mass is 32.2. The summed E-state index contributed by atoms with van der Waals surface area (Å²) in [7, 11) is 0. The smallest absolute Gasteiger partial charge is 0.355 e. The van der Waals surface area contributed by atoms with E-state index in [9.17, 15) is 9.59 Å². The molecule has 1 fully saturated rings. The van der Waals surface area contributed by atoms with Crippen molar-refractivity contribution in [2.75, 3.05) is 24.6 Å². The number of amides is 2. The summed E-state index contributed by atoms with van der Waals surface area (Å²) in [5.74, 6) is 1.01. The Hall–Kier alpha value is -1.28. The van der Waals surface area contributed by atoms with Crippen molar-refractivity contribution < 1.29 is 14.7 Å². The second-order valence-electron chi connectivity index (χ2n) is 4.50. The lowest BCUT2D eigenvalue weighted by Crippen LogP contribution is -2.42. The number of hydrogen-bond acceptors (Lipinski definition) is 5. The van der Waals surface area contributed by atoms with Crippen molar-refractivity contribution >= 4 is 35.1 Å². The van der Waals surface area contributed by atoms with Gasteiger partial charge in [-0.2, -0.15) is 11.8 Å². The first kappa shape index (κ1) is 15.1. The molecule has 0 spiro atoms. The maximum absolute atomic E-state index is 12.1. The van der Waals surface area contributed by atoms with Gasteiger partial charge in [-0.15, -0.1) is 11.3 Å². The van der Waals surface area contributed by atoms with Crippen LogP contribution in [-0.4, -0.2) is 51.6 Å². The Morgan fingerprint density at radius 3 is 2.95 bits per heavy atom. The number of nitrogens with zero attached hydrogens (tertiary/aromatic N) is 2. The number of thioether (sulfide) groups is 1. The molecule has 110 valence electrons. The number of nitrogens with one attached hydrogen (secondary N) is 1. The van der Waals surface area contributed by atoms with Gasteiger partial charge in [-0.25, -0.2) is 14.6 Å². The summed E-state index contributed by atoms with van der Waals surface area (Å²) in [6.45, 7) is 3.33. The number of hydrogen-bond donors (Lipinski definition) is 2. The van der Waals surface area contributed by atoms with Gasteiger partial charge in [0.15, 0.2) is 5.69 Å². The minimum absolute atomic E-state index is 0.0253. The number of aromatic carboxylic acids is 1. The van der Waals surface area contributed by atoms with Crippen molar-refractivity contribution in [2.45, 2.75) is 19.4 Å². The van der Waals surface area contributed by atoms with Gasteiger partial charge in [0.05, 0.1) is 6.04 Å². The van der Waals surface area contributed by atoms with E-state index in [1.807, 2.05) is 23.6 Å². The molecule has 20 heavy (non-hydrogen) atoms. The van der Waals surface area contributed by atoms with Gasteiger partial charge in [-0.1, -0.05) is 0 Å². The molecule has 1 aromatic rings. The molecule has 1 aromatic heterocycles. The average molecular weight is 315 g/mol. The first-order valence-corrected chi connectivity index (χ1v) is 8.43. The molecular formula is C12H17N3O3S2. The van der Waals surface area contributed by atoms with E-state index in [0.29, 0.717) is 5.01 Å². The molecule has 2 rings (SSSR count). The zero-order valence-corrected chi connectivity index (χ0v) is 12.8. The van der Waals surface area contributed by atoms with Crippen LogP contribution in [0.1, 0.15) is 34.9 Å². The lowest BCUT2D eigenvalue weighted by Gasteiger charge is -2.22. The Kier molecular flexibility index (Phi) is 5.24. The monoisotopic (exact) mass is 315 g/mol. The minimum atomic E-state index is -1.05. The summed E-state index contributed by atoms with van der Waals surface area (Å²) in [5, 5.41) is 13.8. The third-order valence-electron chi connectivity index (χ3n) is 2.96. The molecule has 0 bridgehead atoms. The lowest BCUT2D eigenvalue weighted by atomic mass is 10.3. The SMILES string of the molecule is CC(NC(=O)N1CCCSCC1)c1nc(C(=O)O)cs1. The fraction of sp³-hybridized carbons (Fsp3) is 0.583. The van der Waals surface area contributed by atoms with Crippen LogP contribution in [0.15, 0.2) is 5.38 Å². The van der Waals surface area contributed by atoms with Crippen molar-refractivity contribution in [3.8, 4) is 0 Å². The van der Waals surface area contributed by atoms with Gasteiger partial charge in [0.25, 0.3) is 0 Å². The van der Waals surface area contributed by atoms with E-state index < -0.39 is 5.97 Å². The molecule has 1 unspecified atom stereocenters. The first-order valence-electron chi connectivity index (χ1n) is 6.40. The number of carboxylic acids is 1. The van der Waals surface area contributed by atoms with Crippen LogP contribution in [0.5, 0.6) is 0 Å². The van der Waals surface area contributed by atoms with Crippen LogP contribution >= 0.6 is 23.1 Å². The number of urea groups is 1. The minimum Gasteiger partial charge on any atom is -0.476 e. The molecule has 2 N–H and O–H groups in total. The second-order valence-corrected chi connectivity index (χ2v) is 6.61. The summed E-state index contributed by atoms with van der Waals surface area (Å²) in [6.07, 6.45) is 1.01. The molecule has 2 heterocycles. The molecule has 8 heteroatoms. The van der Waals surface area contributed by atoms with Gasteiger partial charge in [-0.3, -0.25) is 0 Å². The fourth-order valence-electron chi connectivity index (χ4n) is 1.87. The quantitative estimate of drug-likeness (QED) is 0.892. The molecule has 0 saturated carbocycles. The molecule has 0 radical (unpaired) electrons. The average Bonchev–Trinajstić information content (AvgIpc) is 2.75. The molecule has 0 aromatic carbocycles. The van der Waals surface area contributed by atoms with Crippen molar-refractivity contribution in [3.63, 3.8) is 0 Å². The van der Waals surface area contributed by atoms with Crippen LogP contribution in [0, 0.1) is 0 Å². The van der Waals surface area contributed by atoms with E-state index >= 15 is 0 Å². The Labute approximate surface area is 125 Å². The van der Waals surface area contributed by atoms with Gasteiger partial charge in [0, 0.05) is 24.2 Å². The number of rotatable bonds is 3. The maximum atomic E-state index is 12.1. The standard InChI is InChI=1S/C12H17N3O3S2/c1-8(10-14-9(7-20-10)11(16)17)13-12(18)15-3-2-5-19-6-4-15/h7-8H,2-6H2,1H3,(H,13,18)(H,16,17). The molecule has 1 aliphatic heterocycles. The highest BCUT2D eigenvalue weighted by molar-refractivity contribution is 7.99. The molecular weight excluding hydrogens is 298 g/mol. The van der Waals surface area contributed by atoms with Gasteiger partial charge < -0.3 is 15.3 Å². The van der Waals surface area contributed by atoms with Crippen molar-refractivity contribution in [1.29, 1.82) is 0 Å². The fourth-order valence-corrected chi connectivity index (χ4v) is 3.56. The first-order chi connectivity index (χ1) is 9.58. The van der Waals surface area contributed by atoms with E-state index in [-0.39, 0.29) is 17.8 Å². The third-order valence-corrected chi connectivity index (χ3v) is 5.04. The predicted molar refractivity (Wildman–Crippen MR) is 79.5 cm³/mol. The van der Waals surface area contributed by atoms with E-state index in [1.54, 1.807) is 0 Å². The number of carbonyl (C=O) groups is 2. The number of carbonyl (C=O) groups excluding carboxylic acids is 1. The van der Waals surface area contributed by atoms with E-state index in [0.717, 1.165) is 31.0 Å². The van der Waals surface area contributed by atoms with E-state index in [4.69, 9.17) is 5.11 Å². The van der Waals surface area contributed by atoms with Crippen LogP contribution < -0.4 is 5.32 Å². The largest absolute Gasteiger partial charge is 0.476 e. The van der Waals surface area contributed by atoms with Crippen molar-refractivity contribution in [3.05, 3.63) is 16.1 Å². The predicted octanol–water partition coefficient (Wildman–Crippen LogP) is 2.05. The van der Waals surface area contributed by atoms with Crippen molar-refractivity contribution in [2.24, 2.45) is 0 Å². The Morgan fingerprint density at radius 1 is 1.45 bits per heavy atom. The number of carboxylic acid groups (broad SMARTS) is 1. The molecule has 1 atom stereocenters. The van der Waals surface area contributed by atoms with Gasteiger partial charge in [0.2, 0.25) is 0 Å². The normalized spacial score (nSPS) is 17.4. The van der Waals surface area contributed by atoms with Crippen LogP contribution in [0.3, 0.4) is 0 Å². The van der Waals surface area contributed by atoms with E-state index in [1.165, 1.54) is 16.7 Å². The zero-order valence-electron chi connectivity index (χ0n) is 11.2. The lowest BCUT2D eigenvalue weighted by molar-refractivity contribution is 0.0691. The van der Waals surface area contributed by atoms with Crippen LogP contribution in [0.4, 0.5) is 4.79 Å². The highest BCUT2D eigenvalue weighted by Crippen LogP contribution is 2.18. The summed E-state index contributed by atoms with van der Waals surface area (Å²) < 4.78 is 0. The van der Waals surface area contributed by atoms with Crippen molar-refractivity contribution in [1.82, 2.24) is 15.2 Å². The topological polar surface area (TPSA) is 82.5 Å². The summed E-state index contributed by atoms with van der Waals surface area (Å²) in [5.41, 5.74) is 0.0253. The molecule has 2 amide bonds. The van der Waals surface area contributed by atoms with Gasteiger partial charge >= 0.3 is 12.0 Å². The molecule has 1 aliphatic rings. The number of aromatic nitrogens is 1. The Bertz CT molecular complexity index is 484. The summed E-state index contributed by atoms with van der Waals surface area (Å²) in [4.78, 5) is 28.7. The summed E-state index contributed by atoms with van der Waals surface area (Å²) in [6, 6.07) is -0.386. The van der Waals surface area contributed by atoms with Gasteiger partial charge in [0.1, 0.15) is 5.01 Å². The van der Waals surface area contributed by atoms with Crippen LogP contribution in [0.2, 0.25) is 0 Å². The Balaban J connectivity index is 1.93.